The van der Waals surface area contributed by atoms with E-state index in [-0.39, 0.29) is 5.91 Å². The monoisotopic (exact) mass is 249 g/mol. The van der Waals surface area contributed by atoms with Crippen LogP contribution in [-0.2, 0) is 11.2 Å². The summed E-state index contributed by atoms with van der Waals surface area (Å²) in [4.78, 5) is 17.5. The molecule has 1 fully saturated rings. The van der Waals surface area contributed by atoms with Crippen molar-refractivity contribution in [1.29, 1.82) is 5.26 Å². The molecule has 1 N–H and O–H groups in total. The molecule has 2 rings (SSSR count). The van der Waals surface area contributed by atoms with Crippen LogP contribution in [0.5, 0.6) is 0 Å². The highest BCUT2D eigenvalue weighted by molar-refractivity contribution is 7.15. The number of carbonyl (C=O) groups is 1. The first kappa shape index (κ1) is 12.1. The number of hydrogen-bond acceptors (Lipinski definition) is 4. The molecule has 0 spiro atoms. The second-order valence-electron chi connectivity index (χ2n) is 4.38. The van der Waals surface area contributed by atoms with Crippen molar-refractivity contribution in [1.82, 2.24) is 4.98 Å². The van der Waals surface area contributed by atoms with Crippen LogP contribution in [0.25, 0.3) is 0 Å². The number of aromatic nitrogens is 1. The van der Waals surface area contributed by atoms with Crippen molar-refractivity contribution in [2.45, 2.75) is 39.5 Å². The summed E-state index contributed by atoms with van der Waals surface area (Å²) >= 11 is 1.48. The summed E-state index contributed by atoms with van der Waals surface area (Å²) < 4.78 is 0. The first-order chi connectivity index (χ1) is 8.11. The van der Waals surface area contributed by atoms with E-state index < -0.39 is 5.41 Å². The minimum absolute atomic E-state index is 0.192. The summed E-state index contributed by atoms with van der Waals surface area (Å²) in [5, 5.41) is 12.5. The summed E-state index contributed by atoms with van der Waals surface area (Å²) in [7, 11) is 0. The highest BCUT2D eigenvalue weighted by Gasteiger charge is 2.44. The summed E-state index contributed by atoms with van der Waals surface area (Å²) in [6.45, 7) is 4.03. The molecule has 0 aromatic carbocycles. The number of hydrogen-bond donors (Lipinski definition) is 1. The fourth-order valence-electron chi connectivity index (χ4n) is 1.95. The van der Waals surface area contributed by atoms with Gasteiger partial charge in [0.05, 0.1) is 11.8 Å². The van der Waals surface area contributed by atoms with E-state index in [4.69, 9.17) is 5.26 Å². The molecule has 0 bridgehead atoms. The SMILES string of the molecule is CCc1nc(NC(=O)C2(C#N)CCC2)sc1C. The van der Waals surface area contributed by atoms with Gasteiger partial charge < -0.3 is 5.32 Å². The quantitative estimate of drug-likeness (QED) is 0.895. The van der Waals surface area contributed by atoms with E-state index in [0.717, 1.165) is 23.4 Å². The highest BCUT2D eigenvalue weighted by atomic mass is 32.1. The average Bonchev–Trinajstić information content (AvgIpc) is 2.58. The molecule has 1 aliphatic rings. The number of nitriles is 1. The van der Waals surface area contributed by atoms with Gasteiger partial charge in [0.1, 0.15) is 5.41 Å². The van der Waals surface area contributed by atoms with Crippen LogP contribution < -0.4 is 5.32 Å². The van der Waals surface area contributed by atoms with Crippen LogP contribution in [-0.4, -0.2) is 10.9 Å². The molecule has 1 amide bonds. The zero-order valence-corrected chi connectivity index (χ0v) is 10.9. The number of rotatable bonds is 3. The number of aryl methyl sites for hydroxylation is 2. The van der Waals surface area contributed by atoms with Crippen molar-refractivity contribution >= 4 is 22.4 Å². The molecule has 1 saturated carbocycles. The zero-order valence-electron chi connectivity index (χ0n) is 10.0. The van der Waals surface area contributed by atoms with Crippen LogP contribution in [0.1, 0.15) is 36.8 Å². The molecule has 0 aliphatic heterocycles. The van der Waals surface area contributed by atoms with Gasteiger partial charge in [-0.1, -0.05) is 6.92 Å². The molecule has 0 atom stereocenters. The second-order valence-corrected chi connectivity index (χ2v) is 5.58. The average molecular weight is 249 g/mol. The fourth-order valence-corrected chi connectivity index (χ4v) is 2.84. The molecule has 1 aromatic heterocycles. The maximum atomic E-state index is 12.0. The smallest absolute Gasteiger partial charge is 0.246 e. The van der Waals surface area contributed by atoms with E-state index >= 15 is 0 Å². The molecule has 1 aromatic rings. The van der Waals surface area contributed by atoms with Crippen molar-refractivity contribution < 1.29 is 4.79 Å². The third-order valence-electron chi connectivity index (χ3n) is 3.30. The van der Waals surface area contributed by atoms with Gasteiger partial charge in [-0.05, 0) is 32.6 Å². The number of carbonyl (C=O) groups excluding carboxylic acids is 1. The lowest BCUT2D eigenvalue weighted by atomic mass is 9.69. The molecule has 0 saturated heterocycles. The Balaban J connectivity index is 2.11. The lowest BCUT2D eigenvalue weighted by molar-refractivity contribution is -0.126. The summed E-state index contributed by atoms with van der Waals surface area (Å²) in [5.41, 5.74) is 0.219. The van der Waals surface area contributed by atoms with Crippen LogP contribution in [0.2, 0.25) is 0 Å². The van der Waals surface area contributed by atoms with Gasteiger partial charge in [0.15, 0.2) is 5.13 Å². The van der Waals surface area contributed by atoms with Crippen LogP contribution in [0.3, 0.4) is 0 Å². The van der Waals surface area contributed by atoms with Crippen molar-refractivity contribution in [3.05, 3.63) is 10.6 Å². The van der Waals surface area contributed by atoms with E-state index in [1.807, 2.05) is 13.8 Å². The molecule has 1 aliphatic carbocycles. The molecule has 90 valence electrons. The Morgan fingerprint density at radius 3 is 2.76 bits per heavy atom. The Kier molecular flexibility index (Phi) is 3.16. The Bertz CT molecular complexity index is 482. The van der Waals surface area contributed by atoms with Crippen LogP contribution >= 0.6 is 11.3 Å². The lowest BCUT2D eigenvalue weighted by Gasteiger charge is -2.32. The van der Waals surface area contributed by atoms with E-state index in [1.54, 1.807) is 0 Å². The third-order valence-corrected chi connectivity index (χ3v) is 4.23. The predicted molar refractivity (Wildman–Crippen MR) is 66.8 cm³/mol. The minimum Gasteiger partial charge on any atom is -0.301 e. The van der Waals surface area contributed by atoms with Gasteiger partial charge in [-0.15, -0.1) is 11.3 Å². The van der Waals surface area contributed by atoms with Gasteiger partial charge >= 0.3 is 0 Å². The minimum atomic E-state index is -0.800. The molecule has 4 nitrogen and oxygen atoms in total. The second kappa shape index (κ2) is 4.46. The molecule has 0 unspecified atom stereocenters. The maximum absolute atomic E-state index is 12.0. The van der Waals surface area contributed by atoms with Crippen molar-refractivity contribution in [2.24, 2.45) is 5.41 Å². The first-order valence-electron chi connectivity index (χ1n) is 5.80. The van der Waals surface area contributed by atoms with E-state index in [9.17, 15) is 4.79 Å². The molecular weight excluding hydrogens is 234 g/mol. The number of thiazole rings is 1. The number of anilines is 1. The molecule has 0 radical (unpaired) electrons. The van der Waals surface area contributed by atoms with Gasteiger partial charge in [-0.2, -0.15) is 5.26 Å². The standard InChI is InChI=1S/C12H15N3OS/c1-3-9-8(2)17-11(14-9)15-10(16)12(7-13)5-4-6-12/h3-6H2,1-2H3,(H,14,15,16). The predicted octanol–water partition coefficient (Wildman–Crippen LogP) is 2.65. The Morgan fingerprint density at radius 1 is 1.65 bits per heavy atom. The van der Waals surface area contributed by atoms with Gasteiger partial charge in [-0.25, -0.2) is 4.98 Å². The lowest BCUT2D eigenvalue weighted by Crippen LogP contribution is -2.40. The van der Waals surface area contributed by atoms with Crippen LogP contribution in [0.4, 0.5) is 5.13 Å². The zero-order chi connectivity index (χ0) is 12.5. The summed E-state index contributed by atoms with van der Waals surface area (Å²) in [6.07, 6.45) is 3.15. The maximum Gasteiger partial charge on any atom is 0.246 e. The molecule has 17 heavy (non-hydrogen) atoms. The molecular formula is C12H15N3OS. The largest absolute Gasteiger partial charge is 0.301 e. The molecule has 5 heteroatoms. The van der Waals surface area contributed by atoms with Crippen LogP contribution in [0.15, 0.2) is 0 Å². The molecule has 1 heterocycles. The fraction of sp³-hybridized carbons (Fsp3) is 0.583. The summed E-state index contributed by atoms with van der Waals surface area (Å²) in [5.74, 6) is -0.192. The Morgan fingerprint density at radius 2 is 2.35 bits per heavy atom. The number of amides is 1. The van der Waals surface area contributed by atoms with Gasteiger partial charge in [0.25, 0.3) is 0 Å². The normalized spacial score (nSPS) is 17.0. The highest BCUT2D eigenvalue weighted by Crippen LogP contribution is 2.41. The number of nitrogens with one attached hydrogen (secondary N) is 1. The van der Waals surface area contributed by atoms with E-state index in [1.165, 1.54) is 11.3 Å². The first-order valence-corrected chi connectivity index (χ1v) is 6.62. The van der Waals surface area contributed by atoms with Crippen LogP contribution in [0, 0.1) is 23.7 Å². The van der Waals surface area contributed by atoms with Crippen molar-refractivity contribution in [3.63, 3.8) is 0 Å². The topological polar surface area (TPSA) is 65.8 Å². The van der Waals surface area contributed by atoms with Gasteiger partial charge in [-0.3, -0.25) is 4.79 Å². The third kappa shape index (κ3) is 2.05. The van der Waals surface area contributed by atoms with Crippen molar-refractivity contribution in [2.75, 3.05) is 5.32 Å². The van der Waals surface area contributed by atoms with E-state index in [0.29, 0.717) is 18.0 Å². The van der Waals surface area contributed by atoms with Gasteiger partial charge in [0.2, 0.25) is 5.91 Å². The van der Waals surface area contributed by atoms with E-state index in [2.05, 4.69) is 16.4 Å². The van der Waals surface area contributed by atoms with Crippen molar-refractivity contribution in [3.8, 4) is 6.07 Å². The summed E-state index contributed by atoms with van der Waals surface area (Å²) in [6, 6.07) is 2.14. The number of nitrogens with zero attached hydrogens (tertiary/aromatic N) is 2. The van der Waals surface area contributed by atoms with Gasteiger partial charge in [0, 0.05) is 4.88 Å². The Labute approximate surface area is 105 Å². The Hall–Kier alpha value is -1.41.